The molecule has 0 aliphatic heterocycles. The molecule has 0 saturated carbocycles. The van der Waals surface area contributed by atoms with Gasteiger partial charge >= 0.3 is 0 Å². The number of hydrogen-bond donors (Lipinski definition) is 0. The fraction of sp³-hybridized carbons (Fsp3) is 0.125. The molecule has 0 saturated heterocycles. The Morgan fingerprint density at radius 3 is 2.64 bits per heavy atom. The fourth-order valence-corrected chi connectivity index (χ4v) is 2.69. The van der Waals surface area contributed by atoms with Crippen LogP contribution in [0.4, 0.5) is 0 Å². The van der Waals surface area contributed by atoms with Gasteiger partial charge in [-0.25, -0.2) is 8.42 Å². The molecule has 0 atom stereocenters. The van der Waals surface area contributed by atoms with Crippen molar-refractivity contribution in [2.75, 3.05) is 13.4 Å². The molecule has 0 bridgehead atoms. The van der Waals surface area contributed by atoms with Crippen LogP contribution in [0.3, 0.4) is 0 Å². The lowest BCUT2D eigenvalue weighted by molar-refractivity contribution is 0.104. The lowest BCUT2D eigenvalue weighted by atomic mass is 10.1. The average Bonchev–Trinajstić information content (AvgIpc) is 2.52. The Hall–Kier alpha value is -2.47. The second-order valence-corrected chi connectivity index (χ2v) is 6.61. The van der Waals surface area contributed by atoms with Crippen LogP contribution < -0.4 is 4.74 Å². The number of rotatable bonds is 5. The Morgan fingerprint density at radius 1 is 1.27 bits per heavy atom. The predicted octanol–water partition coefficient (Wildman–Crippen LogP) is 2.39. The van der Waals surface area contributed by atoms with Crippen LogP contribution in [0.2, 0.25) is 0 Å². The minimum absolute atomic E-state index is 0.0581. The van der Waals surface area contributed by atoms with Crippen molar-refractivity contribution in [3.8, 4) is 5.75 Å². The Balaban J connectivity index is 2.30. The van der Waals surface area contributed by atoms with Crippen molar-refractivity contribution in [1.82, 2.24) is 4.98 Å². The number of hydrogen-bond acceptors (Lipinski definition) is 5. The maximum Gasteiger partial charge on any atom is 0.185 e. The first-order chi connectivity index (χ1) is 10.4. The molecule has 2 aromatic rings. The largest absolute Gasteiger partial charge is 0.495 e. The molecule has 0 fully saturated rings. The van der Waals surface area contributed by atoms with Crippen LogP contribution in [-0.4, -0.2) is 32.6 Å². The van der Waals surface area contributed by atoms with Gasteiger partial charge in [0.2, 0.25) is 0 Å². The first kappa shape index (κ1) is 15.9. The summed E-state index contributed by atoms with van der Waals surface area (Å²) in [7, 11) is -2.04. The van der Waals surface area contributed by atoms with Gasteiger partial charge in [-0.1, -0.05) is 6.07 Å². The Bertz CT molecular complexity index is 811. The highest BCUT2D eigenvalue weighted by molar-refractivity contribution is 7.90. The summed E-state index contributed by atoms with van der Waals surface area (Å²) in [5.41, 5.74) is 1.15. The summed E-state index contributed by atoms with van der Waals surface area (Å²) < 4.78 is 28.3. The number of benzene rings is 1. The van der Waals surface area contributed by atoms with Crippen LogP contribution >= 0.6 is 0 Å². The second-order valence-electron chi connectivity index (χ2n) is 4.62. The first-order valence-electron chi connectivity index (χ1n) is 6.42. The lowest BCUT2D eigenvalue weighted by Gasteiger charge is -2.07. The molecule has 0 aliphatic carbocycles. The van der Waals surface area contributed by atoms with E-state index in [2.05, 4.69) is 4.98 Å². The molecule has 22 heavy (non-hydrogen) atoms. The Labute approximate surface area is 129 Å². The van der Waals surface area contributed by atoms with Crippen molar-refractivity contribution in [2.45, 2.75) is 4.90 Å². The molecule has 0 amide bonds. The van der Waals surface area contributed by atoms with E-state index in [1.807, 2.05) is 6.07 Å². The van der Waals surface area contributed by atoms with Crippen LogP contribution in [0.5, 0.6) is 5.75 Å². The summed E-state index contributed by atoms with van der Waals surface area (Å²) in [6.45, 7) is 0. The number of sulfone groups is 1. The van der Waals surface area contributed by atoms with Crippen molar-refractivity contribution < 1.29 is 17.9 Å². The van der Waals surface area contributed by atoms with Gasteiger partial charge < -0.3 is 4.74 Å². The zero-order valence-electron chi connectivity index (χ0n) is 12.2. The minimum Gasteiger partial charge on any atom is -0.495 e. The summed E-state index contributed by atoms with van der Waals surface area (Å²) in [5, 5.41) is 0. The number of carbonyl (C=O) groups is 1. The quantitative estimate of drug-likeness (QED) is 0.625. The van der Waals surface area contributed by atoms with Gasteiger partial charge in [0.25, 0.3) is 0 Å². The van der Waals surface area contributed by atoms with Gasteiger partial charge in [-0.15, -0.1) is 0 Å². The molecular weight excluding hydrogens is 302 g/mol. The van der Waals surface area contributed by atoms with E-state index in [1.54, 1.807) is 24.5 Å². The van der Waals surface area contributed by atoms with E-state index < -0.39 is 9.84 Å². The van der Waals surface area contributed by atoms with Crippen LogP contribution in [0, 0.1) is 0 Å². The van der Waals surface area contributed by atoms with Crippen molar-refractivity contribution in [2.24, 2.45) is 0 Å². The van der Waals surface area contributed by atoms with E-state index in [0.29, 0.717) is 5.56 Å². The first-order valence-corrected chi connectivity index (χ1v) is 8.31. The molecule has 1 aromatic heterocycles. The zero-order chi connectivity index (χ0) is 16.2. The maximum absolute atomic E-state index is 12.1. The molecule has 6 heteroatoms. The number of ether oxygens (including phenoxy) is 1. The van der Waals surface area contributed by atoms with E-state index in [0.717, 1.165) is 11.8 Å². The third kappa shape index (κ3) is 3.79. The van der Waals surface area contributed by atoms with E-state index in [-0.39, 0.29) is 16.4 Å². The topological polar surface area (TPSA) is 73.3 Å². The van der Waals surface area contributed by atoms with Gasteiger partial charge in [0.05, 0.1) is 7.11 Å². The lowest BCUT2D eigenvalue weighted by Crippen LogP contribution is -2.03. The van der Waals surface area contributed by atoms with Gasteiger partial charge in [-0.3, -0.25) is 9.78 Å². The van der Waals surface area contributed by atoms with Gasteiger partial charge in [0, 0.05) is 24.2 Å². The molecule has 1 heterocycles. The summed E-state index contributed by atoms with van der Waals surface area (Å²) in [6.07, 6.45) is 7.43. The molecule has 0 unspecified atom stereocenters. The number of nitrogens with zero attached hydrogens (tertiary/aromatic N) is 1. The predicted molar refractivity (Wildman–Crippen MR) is 83.7 cm³/mol. The molecule has 0 aliphatic rings. The Kier molecular flexibility index (Phi) is 4.72. The Morgan fingerprint density at radius 2 is 2.05 bits per heavy atom. The smallest absolute Gasteiger partial charge is 0.185 e. The average molecular weight is 317 g/mol. The highest BCUT2D eigenvalue weighted by Gasteiger charge is 2.16. The number of methoxy groups -OCH3 is 1. The third-order valence-corrected chi connectivity index (χ3v) is 4.10. The molecule has 114 valence electrons. The molecule has 2 rings (SSSR count). The highest BCUT2D eigenvalue weighted by atomic mass is 32.2. The van der Waals surface area contributed by atoms with Crippen molar-refractivity contribution in [3.05, 3.63) is 59.9 Å². The fourth-order valence-electron chi connectivity index (χ4n) is 1.87. The maximum atomic E-state index is 12.1. The number of allylic oxidation sites excluding steroid dienone is 1. The van der Waals surface area contributed by atoms with E-state index in [4.69, 9.17) is 4.74 Å². The van der Waals surface area contributed by atoms with Crippen molar-refractivity contribution >= 4 is 21.7 Å². The van der Waals surface area contributed by atoms with E-state index >= 15 is 0 Å². The number of pyridine rings is 1. The summed E-state index contributed by atoms with van der Waals surface area (Å²) in [4.78, 5) is 16.1. The minimum atomic E-state index is -3.41. The molecular formula is C16H15NO4S. The summed E-state index contributed by atoms with van der Waals surface area (Å²) in [5.74, 6) is -0.0923. The highest BCUT2D eigenvalue weighted by Crippen LogP contribution is 2.25. The van der Waals surface area contributed by atoms with Crippen LogP contribution in [-0.2, 0) is 9.84 Å². The molecule has 0 radical (unpaired) electrons. The number of ketones is 1. The van der Waals surface area contributed by atoms with Crippen molar-refractivity contribution in [1.29, 1.82) is 0 Å². The zero-order valence-corrected chi connectivity index (χ0v) is 13.0. The molecule has 0 N–H and O–H groups in total. The summed E-state index contributed by atoms with van der Waals surface area (Å²) >= 11 is 0. The normalized spacial score (nSPS) is 11.5. The van der Waals surface area contributed by atoms with Gasteiger partial charge in [-0.2, -0.15) is 0 Å². The van der Waals surface area contributed by atoms with Gasteiger partial charge in [0.1, 0.15) is 10.6 Å². The second kappa shape index (κ2) is 6.53. The van der Waals surface area contributed by atoms with E-state index in [9.17, 15) is 13.2 Å². The van der Waals surface area contributed by atoms with Crippen LogP contribution in [0.25, 0.3) is 6.08 Å². The molecule has 1 aromatic carbocycles. The third-order valence-electron chi connectivity index (χ3n) is 2.96. The molecule has 5 nitrogen and oxygen atoms in total. The van der Waals surface area contributed by atoms with Gasteiger partial charge in [0.15, 0.2) is 15.6 Å². The number of aromatic nitrogens is 1. The van der Waals surface area contributed by atoms with Crippen LogP contribution in [0.15, 0.2) is 53.7 Å². The SMILES string of the molecule is COc1cc(C(=O)C=Cc2cccnc2)ccc1S(C)(=O)=O. The van der Waals surface area contributed by atoms with E-state index in [1.165, 1.54) is 31.4 Å². The van der Waals surface area contributed by atoms with Gasteiger partial charge in [-0.05, 0) is 42.0 Å². The monoisotopic (exact) mass is 317 g/mol. The van der Waals surface area contributed by atoms with Crippen molar-refractivity contribution in [3.63, 3.8) is 0 Å². The van der Waals surface area contributed by atoms with Crippen LogP contribution in [0.1, 0.15) is 15.9 Å². The standard InChI is InChI=1S/C16H15NO4S/c1-21-15-10-13(6-8-16(15)22(2,19)20)14(18)7-5-12-4-3-9-17-11-12/h3-11H,1-2H3. The molecule has 0 spiro atoms. The number of carbonyl (C=O) groups excluding carboxylic acids is 1. The summed E-state index contributed by atoms with van der Waals surface area (Å²) in [6, 6.07) is 7.86.